The first-order valence-electron chi connectivity index (χ1n) is 5.21. The van der Waals surface area contributed by atoms with Gasteiger partial charge in [-0.05, 0) is 25.3 Å². The molecule has 90 valence electrons. The molecule has 1 saturated carbocycles. The van der Waals surface area contributed by atoms with Crippen LogP contribution in [0.15, 0.2) is 18.5 Å². The SMILES string of the molecule is O=C(NC1(C(=O)O)CCC1)c1cnccc1Cl. The fourth-order valence-corrected chi connectivity index (χ4v) is 1.94. The molecule has 0 bridgehead atoms. The van der Waals surface area contributed by atoms with Gasteiger partial charge in [-0.2, -0.15) is 0 Å². The number of carboxylic acids is 1. The second kappa shape index (κ2) is 4.33. The quantitative estimate of drug-likeness (QED) is 0.856. The highest BCUT2D eigenvalue weighted by molar-refractivity contribution is 6.33. The molecular weight excluding hydrogens is 244 g/mol. The normalized spacial score (nSPS) is 17.0. The Kier molecular flexibility index (Phi) is 3.02. The van der Waals surface area contributed by atoms with Gasteiger partial charge in [0.25, 0.3) is 5.91 Å². The Morgan fingerprint density at radius 1 is 1.47 bits per heavy atom. The first-order chi connectivity index (χ1) is 8.05. The molecule has 1 aliphatic carbocycles. The first kappa shape index (κ1) is 11.9. The van der Waals surface area contributed by atoms with Gasteiger partial charge in [-0.3, -0.25) is 9.78 Å². The van der Waals surface area contributed by atoms with E-state index in [2.05, 4.69) is 10.3 Å². The van der Waals surface area contributed by atoms with Crippen molar-refractivity contribution in [1.29, 1.82) is 0 Å². The first-order valence-corrected chi connectivity index (χ1v) is 5.58. The molecule has 1 aromatic heterocycles. The molecule has 0 aromatic carbocycles. The molecule has 6 heteroatoms. The molecular formula is C11H11ClN2O3. The van der Waals surface area contributed by atoms with Crippen molar-refractivity contribution >= 4 is 23.5 Å². The molecule has 2 rings (SSSR count). The second-order valence-corrected chi connectivity index (χ2v) is 4.46. The maximum absolute atomic E-state index is 11.9. The van der Waals surface area contributed by atoms with Crippen molar-refractivity contribution in [3.63, 3.8) is 0 Å². The summed E-state index contributed by atoms with van der Waals surface area (Å²) in [4.78, 5) is 26.8. The van der Waals surface area contributed by atoms with Crippen molar-refractivity contribution in [2.75, 3.05) is 0 Å². The minimum Gasteiger partial charge on any atom is -0.480 e. The molecule has 2 N–H and O–H groups in total. The van der Waals surface area contributed by atoms with E-state index >= 15 is 0 Å². The summed E-state index contributed by atoms with van der Waals surface area (Å²) in [6.07, 6.45) is 4.49. The van der Waals surface area contributed by atoms with Crippen molar-refractivity contribution < 1.29 is 14.7 Å². The van der Waals surface area contributed by atoms with Crippen molar-refractivity contribution in [3.8, 4) is 0 Å². The lowest BCUT2D eigenvalue weighted by Gasteiger charge is -2.38. The molecule has 0 spiro atoms. The number of aliphatic carboxylic acids is 1. The van der Waals surface area contributed by atoms with E-state index in [0.29, 0.717) is 12.8 Å². The van der Waals surface area contributed by atoms with E-state index in [4.69, 9.17) is 16.7 Å². The van der Waals surface area contributed by atoms with Gasteiger partial charge in [0.1, 0.15) is 5.54 Å². The fourth-order valence-electron chi connectivity index (χ4n) is 1.75. The average Bonchev–Trinajstić information content (AvgIpc) is 2.23. The zero-order valence-electron chi connectivity index (χ0n) is 8.94. The van der Waals surface area contributed by atoms with Crippen LogP contribution in [0, 0.1) is 0 Å². The summed E-state index contributed by atoms with van der Waals surface area (Å²) in [5, 5.41) is 11.9. The van der Waals surface area contributed by atoms with Gasteiger partial charge in [0, 0.05) is 12.4 Å². The van der Waals surface area contributed by atoms with Crippen LogP contribution in [-0.2, 0) is 4.79 Å². The van der Waals surface area contributed by atoms with Crippen molar-refractivity contribution in [2.45, 2.75) is 24.8 Å². The summed E-state index contributed by atoms with van der Waals surface area (Å²) in [7, 11) is 0. The summed E-state index contributed by atoms with van der Waals surface area (Å²) in [6.45, 7) is 0. The molecule has 17 heavy (non-hydrogen) atoms. The van der Waals surface area contributed by atoms with Gasteiger partial charge in [0.2, 0.25) is 0 Å². The van der Waals surface area contributed by atoms with Gasteiger partial charge in [0.05, 0.1) is 10.6 Å². The second-order valence-electron chi connectivity index (χ2n) is 4.05. The number of hydrogen-bond donors (Lipinski definition) is 2. The van der Waals surface area contributed by atoms with Crippen LogP contribution in [0.1, 0.15) is 29.6 Å². The summed E-state index contributed by atoms with van der Waals surface area (Å²) in [5.74, 6) is -1.50. The number of nitrogens with one attached hydrogen (secondary N) is 1. The Balaban J connectivity index is 2.17. The molecule has 1 fully saturated rings. The highest BCUT2D eigenvalue weighted by Gasteiger charge is 2.45. The van der Waals surface area contributed by atoms with Crippen LogP contribution in [0.2, 0.25) is 5.02 Å². The Hall–Kier alpha value is -1.62. The third kappa shape index (κ3) is 2.10. The lowest BCUT2D eigenvalue weighted by molar-refractivity contribution is -0.148. The van der Waals surface area contributed by atoms with Crippen LogP contribution in [0.5, 0.6) is 0 Å². The topological polar surface area (TPSA) is 79.3 Å². The number of aromatic nitrogens is 1. The molecule has 1 aliphatic rings. The maximum Gasteiger partial charge on any atom is 0.329 e. The Labute approximate surface area is 103 Å². The van der Waals surface area contributed by atoms with Crippen LogP contribution in [0.3, 0.4) is 0 Å². The number of nitrogens with zero attached hydrogens (tertiary/aromatic N) is 1. The Morgan fingerprint density at radius 2 is 2.18 bits per heavy atom. The lowest BCUT2D eigenvalue weighted by atomic mass is 9.76. The van der Waals surface area contributed by atoms with E-state index in [1.807, 2.05) is 0 Å². The highest BCUT2D eigenvalue weighted by Crippen LogP contribution is 2.32. The van der Waals surface area contributed by atoms with Crippen LogP contribution in [0.25, 0.3) is 0 Å². The third-order valence-electron chi connectivity index (χ3n) is 2.98. The summed E-state index contributed by atoms with van der Waals surface area (Å²) in [5.41, 5.74) is -0.933. The van der Waals surface area contributed by atoms with Gasteiger partial charge in [-0.1, -0.05) is 11.6 Å². The van der Waals surface area contributed by atoms with Crippen LogP contribution < -0.4 is 5.32 Å². The smallest absolute Gasteiger partial charge is 0.329 e. The summed E-state index contributed by atoms with van der Waals surface area (Å²) < 4.78 is 0. The molecule has 5 nitrogen and oxygen atoms in total. The highest BCUT2D eigenvalue weighted by atomic mass is 35.5. The number of carbonyl (C=O) groups excluding carboxylic acids is 1. The monoisotopic (exact) mass is 254 g/mol. The molecule has 0 radical (unpaired) electrons. The van der Waals surface area contributed by atoms with Gasteiger partial charge in [-0.25, -0.2) is 4.79 Å². The number of amides is 1. The summed E-state index contributed by atoms with van der Waals surface area (Å²) in [6, 6.07) is 1.49. The van der Waals surface area contributed by atoms with Gasteiger partial charge < -0.3 is 10.4 Å². The molecule has 0 saturated heterocycles. The molecule has 1 aromatic rings. The molecule has 1 amide bonds. The standard InChI is InChI=1S/C11H11ClN2O3/c12-8-2-5-13-6-7(8)9(15)14-11(10(16)17)3-1-4-11/h2,5-6H,1,3-4H2,(H,14,15)(H,16,17). The summed E-state index contributed by atoms with van der Waals surface area (Å²) >= 11 is 5.84. The number of carboxylic acid groups (broad SMARTS) is 1. The zero-order valence-corrected chi connectivity index (χ0v) is 9.70. The van der Waals surface area contributed by atoms with Crippen molar-refractivity contribution in [1.82, 2.24) is 10.3 Å². The number of pyridine rings is 1. The van der Waals surface area contributed by atoms with E-state index in [1.165, 1.54) is 18.5 Å². The number of halogens is 1. The number of hydrogen-bond acceptors (Lipinski definition) is 3. The third-order valence-corrected chi connectivity index (χ3v) is 3.31. The van der Waals surface area contributed by atoms with Gasteiger partial charge >= 0.3 is 5.97 Å². The van der Waals surface area contributed by atoms with E-state index < -0.39 is 17.4 Å². The average molecular weight is 255 g/mol. The molecule has 0 aliphatic heterocycles. The number of carbonyl (C=O) groups is 2. The van der Waals surface area contributed by atoms with Crippen LogP contribution >= 0.6 is 11.6 Å². The van der Waals surface area contributed by atoms with Gasteiger partial charge in [0.15, 0.2) is 0 Å². The predicted molar refractivity (Wildman–Crippen MR) is 60.9 cm³/mol. The minimum absolute atomic E-state index is 0.196. The van der Waals surface area contributed by atoms with Crippen molar-refractivity contribution in [3.05, 3.63) is 29.0 Å². The van der Waals surface area contributed by atoms with Crippen LogP contribution in [0.4, 0.5) is 0 Å². The van der Waals surface area contributed by atoms with Crippen molar-refractivity contribution in [2.24, 2.45) is 0 Å². The lowest BCUT2D eigenvalue weighted by Crippen LogP contribution is -2.59. The minimum atomic E-state index is -1.13. The molecule has 0 atom stereocenters. The van der Waals surface area contributed by atoms with E-state index in [0.717, 1.165) is 6.42 Å². The Bertz CT molecular complexity index is 472. The predicted octanol–water partition coefficient (Wildman–Crippen LogP) is 1.47. The Morgan fingerprint density at radius 3 is 2.65 bits per heavy atom. The van der Waals surface area contributed by atoms with E-state index in [-0.39, 0.29) is 10.6 Å². The largest absolute Gasteiger partial charge is 0.480 e. The maximum atomic E-state index is 11.9. The van der Waals surface area contributed by atoms with E-state index in [9.17, 15) is 9.59 Å². The number of rotatable bonds is 3. The van der Waals surface area contributed by atoms with E-state index in [1.54, 1.807) is 0 Å². The fraction of sp³-hybridized carbons (Fsp3) is 0.364. The molecule has 1 heterocycles. The van der Waals surface area contributed by atoms with Gasteiger partial charge in [-0.15, -0.1) is 0 Å². The zero-order chi connectivity index (χ0) is 12.5. The van der Waals surface area contributed by atoms with Crippen LogP contribution in [-0.4, -0.2) is 27.5 Å². The molecule has 0 unspecified atom stereocenters.